The van der Waals surface area contributed by atoms with Gasteiger partial charge in [0.25, 0.3) is 0 Å². The van der Waals surface area contributed by atoms with E-state index in [-0.39, 0.29) is 25.0 Å². The number of carbonyl (C=O) groups is 2. The third kappa shape index (κ3) is 4.04. The average Bonchev–Trinajstić information content (AvgIpc) is 3.09. The van der Waals surface area contributed by atoms with Crippen LogP contribution >= 0.6 is 11.6 Å². The molecule has 1 aliphatic heterocycles. The minimum atomic E-state index is -3.63. The van der Waals surface area contributed by atoms with Crippen molar-refractivity contribution in [2.24, 2.45) is 0 Å². The van der Waals surface area contributed by atoms with Crippen LogP contribution in [0.4, 0.5) is 5.69 Å². The second-order valence-corrected chi connectivity index (χ2v) is 10.3. The molecule has 1 heterocycles. The SMILES string of the molecule is Cc1ccc(Cl)cc1N1C(=O)CN(S(C)(=O)=O)C[C@]1(C)C(=O)NC1CCCC1. The first-order valence-electron chi connectivity index (χ1n) is 9.37. The van der Waals surface area contributed by atoms with E-state index >= 15 is 0 Å². The highest BCUT2D eigenvalue weighted by molar-refractivity contribution is 7.88. The van der Waals surface area contributed by atoms with E-state index in [0.29, 0.717) is 10.7 Å². The van der Waals surface area contributed by atoms with Crippen LogP contribution in [0.5, 0.6) is 0 Å². The fraction of sp³-hybridized carbons (Fsp3) is 0.579. The van der Waals surface area contributed by atoms with E-state index in [1.807, 2.05) is 6.92 Å². The Kier molecular flexibility index (Phi) is 5.76. The summed E-state index contributed by atoms with van der Waals surface area (Å²) < 4.78 is 25.4. The van der Waals surface area contributed by atoms with Crippen molar-refractivity contribution in [3.8, 4) is 0 Å². The lowest BCUT2D eigenvalue weighted by Crippen LogP contribution is -2.70. The summed E-state index contributed by atoms with van der Waals surface area (Å²) in [6.07, 6.45) is 4.93. The number of benzene rings is 1. The van der Waals surface area contributed by atoms with Gasteiger partial charge >= 0.3 is 0 Å². The molecule has 28 heavy (non-hydrogen) atoms. The van der Waals surface area contributed by atoms with E-state index < -0.39 is 21.5 Å². The van der Waals surface area contributed by atoms with Gasteiger partial charge in [0, 0.05) is 23.3 Å². The van der Waals surface area contributed by atoms with E-state index in [4.69, 9.17) is 11.6 Å². The zero-order valence-electron chi connectivity index (χ0n) is 16.4. The molecule has 1 N–H and O–H groups in total. The Morgan fingerprint density at radius 2 is 1.93 bits per heavy atom. The zero-order valence-corrected chi connectivity index (χ0v) is 17.9. The topological polar surface area (TPSA) is 86.8 Å². The smallest absolute Gasteiger partial charge is 0.247 e. The molecule has 1 aromatic carbocycles. The van der Waals surface area contributed by atoms with Crippen LogP contribution in [-0.2, 0) is 19.6 Å². The predicted molar refractivity (Wildman–Crippen MR) is 109 cm³/mol. The molecular weight excluding hydrogens is 402 g/mol. The van der Waals surface area contributed by atoms with Crippen molar-refractivity contribution < 1.29 is 18.0 Å². The molecule has 2 amide bonds. The number of sulfonamides is 1. The molecule has 154 valence electrons. The van der Waals surface area contributed by atoms with Gasteiger partial charge in [-0.05, 0) is 44.4 Å². The first-order chi connectivity index (χ1) is 13.0. The van der Waals surface area contributed by atoms with Gasteiger partial charge < -0.3 is 5.32 Å². The summed E-state index contributed by atoms with van der Waals surface area (Å²) in [5.74, 6) is -0.799. The number of hydrogen-bond donors (Lipinski definition) is 1. The Bertz CT molecular complexity index is 898. The lowest BCUT2D eigenvalue weighted by molar-refractivity contribution is -0.133. The summed E-state index contributed by atoms with van der Waals surface area (Å²) in [5, 5.41) is 3.47. The molecule has 0 spiro atoms. The van der Waals surface area contributed by atoms with Crippen molar-refractivity contribution in [3.05, 3.63) is 28.8 Å². The lowest BCUT2D eigenvalue weighted by Gasteiger charge is -2.47. The molecule has 1 saturated carbocycles. The molecule has 3 rings (SSSR count). The van der Waals surface area contributed by atoms with Crippen molar-refractivity contribution in [3.63, 3.8) is 0 Å². The number of rotatable bonds is 4. The van der Waals surface area contributed by atoms with Crippen LogP contribution in [-0.4, -0.2) is 55.5 Å². The molecule has 1 aromatic rings. The van der Waals surface area contributed by atoms with Crippen LogP contribution in [0.2, 0.25) is 5.02 Å². The van der Waals surface area contributed by atoms with Gasteiger partial charge in [-0.2, -0.15) is 4.31 Å². The molecule has 9 heteroatoms. The van der Waals surface area contributed by atoms with Gasteiger partial charge in [0.05, 0.1) is 12.8 Å². The highest BCUT2D eigenvalue weighted by Gasteiger charge is 2.51. The molecule has 1 aliphatic carbocycles. The minimum Gasteiger partial charge on any atom is -0.351 e. The number of hydrogen-bond acceptors (Lipinski definition) is 4. The van der Waals surface area contributed by atoms with Crippen LogP contribution in [0, 0.1) is 6.92 Å². The van der Waals surface area contributed by atoms with Crippen molar-refractivity contribution in [1.29, 1.82) is 0 Å². The van der Waals surface area contributed by atoms with Crippen LogP contribution in [0.1, 0.15) is 38.2 Å². The number of halogens is 1. The number of nitrogens with zero attached hydrogens (tertiary/aromatic N) is 2. The van der Waals surface area contributed by atoms with Gasteiger partial charge in [-0.3, -0.25) is 14.5 Å². The summed E-state index contributed by atoms with van der Waals surface area (Å²) in [4.78, 5) is 27.8. The zero-order chi connectivity index (χ0) is 20.7. The molecule has 0 aromatic heterocycles. The fourth-order valence-corrected chi connectivity index (χ4v) is 5.01. The van der Waals surface area contributed by atoms with E-state index in [1.54, 1.807) is 25.1 Å². The molecule has 2 fully saturated rings. The Balaban J connectivity index is 2.05. The third-order valence-electron chi connectivity index (χ3n) is 5.60. The molecule has 2 aliphatic rings. The molecule has 0 bridgehead atoms. The van der Waals surface area contributed by atoms with Gasteiger partial charge in [0.1, 0.15) is 5.54 Å². The number of anilines is 1. The van der Waals surface area contributed by atoms with E-state index in [1.165, 1.54) is 4.90 Å². The maximum absolute atomic E-state index is 13.3. The summed E-state index contributed by atoms with van der Waals surface area (Å²) in [5.41, 5.74) is -0.0728. The van der Waals surface area contributed by atoms with E-state index in [0.717, 1.165) is 41.8 Å². The number of nitrogens with one attached hydrogen (secondary N) is 1. The van der Waals surface area contributed by atoms with Gasteiger partial charge in [-0.25, -0.2) is 8.42 Å². The highest BCUT2D eigenvalue weighted by atomic mass is 35.5. The largest absolute Gasteiger partial charge is 0.351 e. The van der Waals surface area contributed by atoms with Crippen molar-refractivity contribution >= 4 is 39.1 Å². The van der Waals surface area contributed by atoms with Gasteiger partial charge in [-0.15, -0.1) is 0 Å². The molecule has 0 radical (unpaired) electrons. The maximum atomic E-state index is 13.3. The quantitative estimate of drug-likeness (QED) is 0.796. The monoisotopic (exact) mass is 427 g/mol. The van der Waals surface area contributed by atoms with E-state index in [9.17, 15) is 18.0 Å². The molecule has 1 saturated heterocycles. The number of amides is 2. The van der Waals surface area contributed by atoms with Crippen molar-refractivity contribution in [2.45, 2.75) is 51.1 Å². The number of piperazine rings is 1. The average molecular weight is 428 g/mol. The van der Waals surface area contributed by atoms with Gasteiger partial charge in [-0.1, -0.05) is 30.5 Å². The normalized spacial score (nSPS) is 24.6. The summed E-state index contributed by atoms with van der Waals surface area (Å²) in [7, 11) is -3.63. The number of carbonyl (C=O) groups excluding carboxylic acids is 2. The maximum Gasteiger partial charge on any atom is 0.247 e. The van der Waals surface area contributed by atoms with Crippen molar-refractivity contribution in [2.75, 3.05) is 24.2 Å². The molecular formula is C19H26ClN3O4S. The van der Waals surface area contributed by atoms with Crippen LogP contribution in [0.25, 0.3) is 0 Å². The van der Waals surface area contributed by atoms with Gasteiger partial charge in [0.15, 0.2) is 0 Å². The molecule has 0 unspecified atom stereocenters. The van der Waals surface area contributed by atoms with Crippen LogP contribution in [0.15, 0.2) is 18.2 Å². The van der Waals surface area contributed by atoms with Crippen molar-refractivity contribution in [1.82, 2.24) is 9.62 Å². The lowest BCUT2D eigenvalue weighted by atomic mass is 9.93. The summed E-state index contributed by atoms with van der Waals surface area (Å²) >= 11 is 6.15. The third-order valence-corrected chi connectivity index (χ3v) is 7.03. The Labute approximate surface area is 171 Å². The predicted octanol–water partition coefficient (Wildman–Crippen LogP) is 2.07. The Morgan fingerprint density at radius 1 is 1.29 bits per heavy atom. The van der Waals surface area contributed by atoms with Crippen LogP contribution in [0.3, 0.4) is 0 Å². The summed E-state index contributed by atoms with van der Waals surface area (Å²) in [6.45, 7) is 3.03. The molecule has 1 atom stereocenters. The number of aryl methyl sites for hydroxylation is 1. The first kappa shape index (κ1) is 21.1. The van der Waals surface area contributed by atoms with E-state index in [2.05, 4.69) is 5.32 Å². The first-order valence-corrected chi connectivity index (χ1v) is 11.6. The standard InChI is InChI=1S/C19H26ClN3O4S/c1-13-8-9-14(20)10-16(13)23-17(24)11-22(28(3,26)27)12-19(23,2)18(25)21-15-6-4-5-7-15/h8-10,15H,4-7,11-12H2,1-3H3,(H,21,25)/t19-/m1/s1. The van der Waals surface area contributed by atoms with Crippen LogP contribution < -0.4 is 10.2 Å². The second-order valence-electron chi connectivity index (χ2n) is 7.92. The Hall–Kier alpha value is -1.64. The highest BCUT2D eigenvalue weighted by Crippen LogP contribution is 2.34. The molecule has 7 nitrogen and oxygen atoms in total. The summed E-state index contributed by atoms with van der Waals surface area (Å²) in [6, 6.07) is 5.19. The Morgan fingerprint density at radius 3 is 2.54 bits per heavy atom. The fourth-order valence-electron chi connectivity index (χ4n) is 4.01. The minimum absolute atomic E-state index is 0.0512. The van der Waals surface area contributed by atoms with Gasteiger partial charge in [0.2, 0.25) is 21.8 Å². The second kappa shape index (κ2) is 7.65.